The van der Waals surface area contributed by atoms with E-state index in [1.807, 2.05) is 0 Å². The quantitative estimate of drug-likeness (QED) is 0.372. The zero-order chi connectivity index (χ0) is 24.6. The number of aldehydes is 1. The van der Waals surface area contributed by atoms with Crippen LogP contribution in [0.3, 0.4) is 0 Å². The van der Waals surface area contributed by atoms with Crippen LogP contribution < -0.4 is 11.1 Å². The van der Waals surface area contributed by atoms with Crippen LogP contribution in [-0.4, -0.2) is 18.4 Å². The van der Waals surface area contributed by atoms with Gasteiger partial charge in [-0.3, -0.25) is 0 Å². The molecule has 0 spiro atoms. The molecule has 13 unspecified atom stereocenters. The molecule has 13 atom stereocenters. The van der Waals surface area contributed by atoms with Gasteiger partial charge in [0.2, 0.25) is 0 Å². The molecule has 1 aromatic carbocycles. The predicted octanol–water partition coefficient (Wildman–Crippen LogP) is 6.48. The van der Waals surface area contributed by atoms with Crippen LogP contribution in [0.15, 0.2) is 54.6 Å². The number of nitrogens with two attached hydrogens (primary N) is 1. The van der Waals surface area contributed by atoms with Crippen molar-refractivity contribution in [1.82, 2.24) is 0 Å². The SMILES string of the molecule is C=C1CCC2C(C3CC(C)CC13)C2(C(N)C=O)C1C=CC2C(CC3C(Nc4ccccc4)CCC23)C1. The third kappa shape index (κ3) is 3.30. The highest BCUT2D eigenvalue weighted by molar-refractivity contribution is 5.61. The van der Waals surface area contributed by atoms with Crippen LogP contribution in [0.4, 0.5) is 5.69 Å². The number of anilines is 1. The molecule has 6 aliphatic rings. The summed E-state index contributed by atoms with van der Waals surface area (Å²) >= 11 is 0. The van der Waals surface area contributed by atoms with Crippen LogP contribution in [0.1, 0.15) is 58.3 Å². The van der Waals surface area contributed by atoms with Gasteiger partial charge in [-0.15, -0.1) is 0 Å². The number of hydrogen-bond acceptors (Lipinski definition) is 3. The number of carbonyl (C=O) groups is 1. The largest absolute Gasteiger partial charge is 0.382 e. The fourth-order valence-corrected chi connectivity index (χ4v) is 11.0. The average molecular weight is 485 g/mol. The average Bonchev–Trinajstić information content (AvgIpc) is 3.12. The van der Waals surface area contributed by atoms with E-state index in [9.17, 15) is 4.79 Å². The normalized spacial score (nSPS) is 49.4. The van der Waals surface area contributed by atoms with Gasteiger partial charge in [-0.1, -0.05) is 49.4 Å². The minimum Gasteiger partial charge on any atom is -0.382 e. The molecule has 3 N–H and O–H groups in total. The Morgan fingerprint density at radius 1 is 1.03 bits per heavy atom. The third-order valence-electron chi connectivity index (χ3n) is 12.3. The molecule has 3 nitrogen and oxygen atoms in total. The smallest absolute Gasteiger partial charge is 0.137 e. The van der Waals surface area contributed by atoms with Crippen molar-refractivity contribution < 1.29 is 4.79 Å². The zero-order valence-corrected chi connectivity index (χ0v) is 21.9. The number of allylic oxidation sites excluding steroid dienone is 3. The molecule has 192 valence electrons. The van der Waals surface area contributed by atoms with Gasteiger partial charge in [0, 0.05) is 17.1 Å². The molecule has 0 aliphatic heterocycles. The molecule has 36 heavy (non-hydrogen) atoms. The van der Waals surface area contributed by atoms with Crippen LogP contribution in [-0.2, 0) is 4.79 Å². The summed E-state index contributed by atoms with van der Waals surface area (Å²) in [5.74, 6) is 6.88. The van der Waals surface area contributed by atoms with Gasteiger partial charge in [-0.05, 0) is 123 Å². The summed E-state index contributed by atoms with van der Waals surface area (Å²) in [5.41, 5.74) is 9.56. The summed E-state index contributed by atoms with van der Waals surface area (Å²) in [7, 11) is 0. The maximum Gasteiger partial charge on any atom is 0.137 e. The highest BCUT2D eigenvalue weighted by Gasteiger charge is 2.73. The van der Waals surface area contributed by atoms with Crippen LogP contribution in [0.5, 0.6) is 0 Å². The van der Waals surface area contributed by atoms with E-state index >= 15 is 0 Å². The third-order valence-corrected chi connectivity index (χ3v) is 12.3. The van der Waals surface area contributed by atoms with Gasteiger partial charge < -0.3 is 15.8 Å². The molecular weight excluding hydrogens is 440 g/mol. The van der Waals surface area contributed by atoms with Gasteiger partial charge in [0.25, 0.3) is 0 Å². The molecule has 0 heterocycles. The van der Waals surface area contributed by atoms with Crippen molar-refractivity contribution in [3.63, 3.8) is 0 Å². The molecule has 7 rings (SSSR count). The Bertz CT molecular complexity index is 1050. The molecule has 1 aromatic rings. The number of nitrogens with one attached hydrogen (secondary N) is 1. The van der Waals surface area contributed by atoms with E-state index in [1.165, 1.54) is 56.2 Å². The lowest BCUT2D eigenvalue weighted by Gasteiger charge is -2.38. The second kappa shape index (κ2) is 8.58. The highest BCUT2D eigenvalue weighted by Crippen LogP contribution is 2.76. The van der Waals surface area contributed by atoms with Crippen molar-refractivity contribution in [3.05, 3.63) is 54.6 Å². The van der Waals surface area contributed by atoms with Gasteiger partial charge >= 0.3 is 0 Å². The Balaban J connectivity index is 1.13. The predicted molar refractivity (Wildman–Crippen MR) is 146 cm³/mol. The fourth-order valence-electron chi connectivity index (χ4n) is 11.0. The number of hydrogen-bond donors (Lipinski definition) is 2. The molecule has 5 saturated carbocycles. The fraction of sp³-hybridized carbons (Fsp3) is 0.667. The van der Waals surface area contributed by atoms with E-state index < -0.39 is 0 Å². The number of benzene rings is 1. The first-order valence-corrected chi connectivity index (χ1v) is 14.9. The van der Waals surface area contributed by atoms with Crippen LogP contribution in [0.25, 0.3) is 0 Å². The zero-order valence-electron chi connectivity index (χ0n) is 21.9. The van der Waals surface area contributed by atoms with Crippen molar-refractivity contribution in [2.45, 2.75) is 70.4 Å². The summed E-state index contributed by atoms with van der Waals surface area (Å²) in [4.78, 5) is 12.3. The standard InChI is InChI=1S/C33H44N2O/c1-19-14-26-20(2)8-12-29-32(28(26)15-19)33(29,31(34)18-36)22-9-10-24-21(16-22)17-27-25(24)11-13-30(27)35-23-6-4-3-5-7-23/h3-7,9-10,18-19,21-22,24-32,35H,2,8,11-17,34H2,1H3. The van der Waals surface area contributed by atoms with E-state index in [-0.39, 0.29) is 11.5 Å². The number of fused-ring (bicyclic) bond motifs is 6. The van der Waals surface area contributed by atoms with Crippen LogP contribution >= 0.6 is 0 Å². The van der Waals surface area contributed by atoms with Crippen LogP contribution in [0, 0.1) is 64.6 Å². The molecule has 6 aliphatic carbocycles. The van der Waals surface area contributed by atoms with Gasteiger partial charge in [-0.2, -0.15) is 0 Å². The van der Waals surface area contributed by atoms with Gasteiger partial charge in [0.15, 0.2) is 0 Å². The molecule has 0 amide bonds. The summed E-state index contributed by atoms with van der Waals surface area (Å²) in [6.45, 7) is 6.94. The lowest BCUT2D eigenvalue weighted by atomic mass is 9.67. The molecule has 0 bridgehead atoms. The first-order valence-electron chi connectivity index (χ1n) is 14.9. The number of carbonyl (C=O) groups excluding carboxylic acids is 1. The van der Waals surface area contributed by atoms with E-state index in [0.29, 0.717) is 35.6 Å². The van der Waals surface area contributed by atoms with Gasteiger partial charge in [-0.25, -0.2) is 0 Å². The Labute approximate surface area is 217 Å². The minimum absolute atomic E-state index is 0.00368. The summed E-state index contributed by atoms with van der Waals surface area (Å²) in [6.07, 6.45) is 16.4. The first-order chi connectivity index (χ1) is 17.5. The Kier molecular flexibility index (Phi) is 5.55. The molecule has 0 radical (unpaired) electrons. The molecular formula is C33H44N2O. The molecule has 5 fully saturated rings. The Morgan fingerprint density at radius 3 is 2.67 bits per heavy atom. The Morgan fingerprint density at radius 2 is 1.86 bits per heavy atom. The lowest BCUT2D eigenvalue weighted by molar-refractivity contribution is -0.111. The topological polar surface area (TPSA) is 55.1 Å². The first kappa shape index (κ1) is 23.3. The van der Waals surface area contributed by atoms with Gasteiger partial charge in [0.1, 0.15) is 6.29 Å². The van der Waals surface area contributed by atoms with E-state index in [4.69, 9.17) is 5.73 Å². The molecule has 3 heteroatoms. The van der Waals surface area contributed by atoms with Crippen molar-refractivity contribution >= 4 is 12.0 Å². The molecule has 0 aromatic heterocycles. The number of para-hydroxylation sites is 1. The minimum atomic E-state index is -0.324. The van der Waals surface area contributed by atoms with Crippen LogP contribution in [0.2, 0.25) is 0 Å². The summed E-state index contributed by atoms with van der Waals surface area (Å²) in [6, 6.07) is 11.1. The van der Waals surface area contributed by atoms with E-state index in [0.717, 1.165) is 42.3 Å². The van der Waals surface area contributed by atoms with Crippen molar-refractivity contribution in [3.8, 4) is 0 Å². The number of rotatable bonds is 5. The van der Waals surface area contributed by atoms with Gasteiger partial charge in [0.05, 0.1) is 6.04 Å². The molecule has 0 saturated heterocycles. The maximum atomic E-state index is 12.3. The summed E-state index contributed by atoms with van der Waals surface area (Å²) in [5, 5.41) is 3.89. The monoisotopic (exact) mass is 484 g/mol. The van der Waals surface area contributed by atoms with Crippen molar-refractivity contribution in [2.75, 3.05) is 5.32 Å². The van der Waals surface area contributed by atoms with E-state index in [2.05, 4.69) is 61.3 Å². The Hall–Kier alpha value is -1.87. The van der Waals surface area contributed by atoms with Crippen molar-refractivity contribution in [1.29, 1.82) is 0 Å². The lowest BCUT2D eigenvalue weighted by Crippen LogP contribution is -2.43. The second-order valence-electron chi connectivity index (χ2n) is 13.7. The highest BCUT2D eigenvalue weighted by atomic mass is 16.1. The summed E-state index contributed by atoms with van der Waals surface area (Å²) < 4.78 is 0. The second-order valence-corrected chi connectivity index (χ2v) is 13.7. The van der Waals surface area contributed by atoms with E-state index in [1.54, 1.807) is 0 Å². The van der Waals surface area contributed by atoms with Crippen molar-refractivity contribution in [2.24, 2.45) is 70.3 Å². The maximum absolute atomic E-state index is 12.3.